The van der Waals surface area contributed by atoms with Crippen LogP contribution in [0.15, 0.2) is 18.2 Å². The van der Waals surface area contributed by atoms with Gasteiger partial charge >= 0.3 is 0 Å². The molecule has 1 aromatic rings. The smallest absolute Gasteiger partial charge is 0.0453 e. The highest BCUT2D eigenvalue weighted by Gasteiger charge is 2.18. The summed E-state index contributed by atoms with van der Waals surface area (Å²) in [6.07, 6.45) is 2.43. The van der Waals surface area contributed by atoms with Gasteiger partial charge in [0.2, 0.25) is 0 Å². The van der Waals surface area contributed by atoms with Crippen LogP contribution in [0.5, 0.6) is 0 Å². The molecule has 0 atom stereocenters. The molecule has 3 heteroatoms. The number of alkyl halides is 1. The summed E-state index contributed by atoms with van der Waals surface area (Å²) < 4.78 is 0. The number of aryl methyl sites for hydroxylation is 1. The molecule has 1 aliphatic rings. The van der Waals surface area contributed by atoms with E-state index in [1.54, 1.807) is 0 Å². The molecule has 0 spiro atoms. The van der Waals surface area contributed by atoms with E-state index in [9.17, 15) is 0 Å². The second kappa shape index (κ2) is 6.08. The first kappa shape index (κ1) is 13.2. The van der Waals surface area contributed by atoms with Gasteiger partial charge in [0, 0.05) is 17.4 Å². The number of piperidine rings is 1. The molecule has 1 saturated heterocycles. The zero-order chi connectivity index (χ0) is 12.3. The second-order valence-electron chi connectivity index (χ2n) is 4.97. The Balaban J connectivity index is 1.93. The number of rotatable bonds is 3. The van der Waals surface area contributed by atoms with E-state index in [1.165, 1.54) is 24.0 Å². The van der Waals surface area contributed by atoms with Gasteiger partial charge in [-0.2, -0.15) is 0 Å². The number of hydrogen-bond donors (Lipinski definition) is 0. The predicted molar refractivity (Wildman–Crippen MR) is 74.9 cm³/mol. The Morgan fingerprint density at radius 3 is 2.59 bits per heavy atom. The Morgan fingerprint density at radius 1 is 1.29 bits per heavy atom. The standard InChI is InChI=1S/C14H19Cl2N/c1-11-2-3-13(14(16)8-11)10-17-6-4-12(9-15)5-7-17/h2-3,8,12H,4-7,9-10H2,1H3. The first-order chi connectivity index (χ1) is 8.19. The minimum absolute atomic E-state index is 0.710. The molecule has 17 heavy (non-hydrogen) atoms. The summed E-state index contributed by atoms with van der Waals surface area (Å²) >= 11 is 12.1. The lowest BCUT2D eigenvalue weighted by molar-refractivity contribution is 0.186. The molecular formula is C14H19Cl2N. The van der Waals surface area contributed by atoms with Gasteiger partial charge in [-0.05, 0) is 56.0 Å². The molecule has 1 aromatic carbocycles. The number of halogens is 2. The van der Waals surface area contributed by atoms with Gasteiger partial charge in [-0.25, -0.2) is 0 Å². The molecule has 1 aliphatic heterocycles. The maximum atomic E-state index is 6.26. The van der Waals surface area contributed by atoms with Gasteiger partial charge in [0.1, 0.15) is 0 Å². The Labute approximate surface area is 114 Å². The Morgan fingerprint density at radius 2 is 2.00 bits per heavy atom. The van der Waals surface area contributed by atoms with E-state index in [4.69, 9.17) is 23.2 Å². The van der Waals surface area contributed by atoms with E-state index in [2.05, 4.69) is 24.0 Å². The zero-order valence-corrected chi connectivity index (χ0v) is 11.8. The van der Waals surface area contributed by atoms with Crippen LogP contribution in [0.25, 0.3) is 0 Å². The number of nitrogens with zero attached hydrogens (tertiary/aromatic N) is 1. The van der Waals surface area contributed by atoms with Crippen LogP contribution >= 0.6 is 23.2 Å². The third-order valence-electron chi connectivity index (χ3n) is 3.53. The van der Waals surface area contributed by atoms with E-state index < -0.39 is 0 Å². The highest BCUT2D eigenvalue weighted by Crippen LogP contribution is 2.23. The van der Waals surface area contributed by atoms with Gasteiger partial charge < -0.3 is 0 Å². The number of likely N-dealkylation sites (tertiary alicyclic amines) is 1. The maximum Gasteiger partial charge on any atom is 0.0453 e. The van der Waals surface area contributed by atoms with E-state index in [0.29, 0.717) is 5.92 Å². The molecule has 0 radical (unpaired) electrons. The first-order valence-corrected chi connectivity index (χ1v) is 7.13. The fraction of sp³-hybridized carbons (Fsp3) is 0.571. The molecule has 1 heterocycles. The minimum Gasteiger partial charge on any atom is -0.299 e. The lowest BCUT2D eigenvalue weighted by Gasteiger charge is -2.31. The van der Waals surface area contributed by atoms with Crippen LogP contribution in [0.1, 0.15) is 24.0 Å². The third-order valence-corrected chi connectivity index (χ3v) is 4.32. The van der Waals surface area contributed by atoms with Crippen molar-refractivity contribution in [2.24, 2.45) is 5.92 Å². The number of hydrogen-bond acceptors (Lipinski definition) is 1. The summed E-state index contributed by atoms with van der Waals surface area (Å²) in [6, 6.07) is 6.32. The summed E-state index contributed by atoms with van der Waals surface area (Å²) in [4.78, 5) is 2.47. The Kier molecular flexibility index (Phi) is 4.72. The zero-order valence-electron chi connectivity index (χ0n) is 10.3. The highest BCUT2D eigenvalue weighted by molar-refractivity contribution is 6.31. The normalized spacial score (nSPS) is 18.5. The average molecular weight is 272 g/mol. The van der Waals surface area contributed by atoms with Gasteiger partial charge in [0.05, 0.1) is 0 Å². The lowest BCUT2D eigenvalue weighted by Crippen LogP contribution is -2.33. The topological polar surface area (TPSA) is 3.24 Å². The van der Waals surface area contributed by atoms with Crippen molar-refractivity contribution < 1.29 is 0 Å². The Bertz CT molecular complexity index is 370. The van der Waals surface area contributed by atoms with Crippen molar-refractivity contribution in [3.63, 3.8) is 0 Å². The number of benzene rings is 1. The molecule has 0 bridgehead atoms. The Hall–Kier alpha value is -0.240. The van der Waals surface area contributed by atoms with E-state index in [1.807, 2.05) is 6.07 Å². The van der Waals surface area contributed by atoms with Gasteiger partial charge in [-0.3, -0.25) is 4.90 Å². The maximum absolute atomic E-state index is 6.26. The molecule has 0 aromatic heterocycles. The molecule has 0 amide bonds. The van der Waals surface area contributed by atoms with Crippen molar-refractivity contribution >= 4 is 23.2 Å². The van der Waals surface area contributed by atoms with Gasteiger partial charge in [0.25, 0.3) is 0 Å². The summed E-state index contributed by atoms with van der Waals surface area (Å²) in [5, 5.41) is 0.893. The predicted octanol–water partition coefficient (Wildman–Crippen LogP) is 4.10. The van der Waals surface area contributed by atoms with Crippen molar-refractivity contribution in [3.05, 3.63) is 34.3 Å². The molecule has 0 aliphatic carbocycles. The van der Waals surface area contributed by atoms with Crippen molar-refractivity contribution in [2.45, 2.75) is 26.3 Å². The van der Waals surface area contributed by atoms with E-state index >= 15 is 0 Å². The molecule has 0 saturated carbocycles. The highest BCUT2D eigenvalue weighted by atomic mass is 35.5. The van der Waals surface area contributed by atoms with Crippen molar-refractivity contribution in [1.82, 2.24) is 4.90 Å². The summed E-state index contributed by atoms with van der Waals surface area (Å²) in [5.41, 5.74) is 2.46. The van der Waals surface area contributed by atoms with Crippen LogP contribution in [-0.2, 0) is 6.54 Å². The third kappa shape index (κ3) is 3.61. The van der Waals surface area contributed by atoms with Gasteiger partial charge in [-0.1, -0.05) is 23.7 Å². The molecule has 2 rings (SSSR count). The fourth-order valence-electron chi connectivity index (χ4n) is 2.32. The average Bonchev–Trinajstić information content (AvgIpc) is 2.34. The second-order valence-corrected chi connectivity index (χ2v) is 5.68. The fourth-order valence-corrected chi connectivity index (χ4v) is 2.92. The van der Waals surface area contributed by atoms with Crippen LogP contribution in [0, 0.1) is 12.8 Å². The van der Waals surface area contributed by atoms with Crippen LogP contribution in [0.4, 0.5) is 0 Å². The van der Waals surface area contributed by atoms with Crippen LogP contribution in [0.3, 0.4) is 0 Å². The van der Waals surface area contributed by atoms with Crippen molar-refractivity contribution in [3.8, 4) is 0 Å². The van der Waals surface area contributed by atoms with Gasteiger partial charge in [0.15, 0.2) is 0 Å². The van der Waals surface area contributed by atoms with Crippen molar-refractivity contribution in [1.29, 1.82) is 0 Å². The first-order valence-electron chi connectivity index (χ1n) is 6.22. The van der Waals surface area contributed by atoms with E-state index in [0.717, 1.165) is 30.5 Å². The molecular weight excluding hydrogens is 253 g/mol. The van der Waals surface area contributed by atoms with Crippen LogP contribution in [-0.4, -0.2) is 23.9 Å². The van der Waals surface area contributed by atoms with E-state index in [-0.39, 0.29) is 0 Å². The summed E-state index contributed by atoms with van der Waals surface area (Å²) in [5.74, 6) is 1.51. The monoisotopic (exact) mass is 271 g/mol. The summed E-state index contributed by atoms with van der Waals surface area (Å²) in [7, 11) is 0. The van der Waals surface area contributed by atoms with Crippen LogP contribution < -0.4 is 0 Å². The molecule has 0 N–H and O–H groups in total. The molecule has 1 nitrogen and oxygen atoms in total. The SMILES string of the molecule is Cc1ccc(CN2CCC(CCl)CC2)c(Cl)c1. The van der Waals surface area contributed by atoms with Gasteiger partial charge in [-0.15, -0.1) is 11.6 Å². The minimum atomic E-state index is 0.710. The lowest BCUT2D eigenvalue weighted by atomic mass is 9.98. The molecule has 0 unspecified atom stereocenters. The largest absolute Gasteiger partial charge is 0.299 e. The molecule has 1 fully saturated rings. The van der Waals surface area contributed by atoms with Crippen molar-refractivity contribution in [2.75, 3.05) is 19.0 Å². The quantitative estimate of drug-likeness (QED) is 0.749. The van der Waals surface area contributed by atoms with Crippen LogP contribution in [0.2, 0.25) is 5.02 Å². The summed E-state index contributed by atoms with van der Waals surface area (Å²) in [6.45, 7) is 5.32. The molecule has 94 valence electrons.